The van der Waals surface area contributed by atoms with E-state index < -0.39 is 0 Å². The number of hydrogen-bond donors (Lipinski definition) is 0. The highest BCUT2D eigenvalue weighted by Crippen LogP contribution is 2.49. The molecule has 0 amide bonds. The summed E-state index contributed by atoms with van der Waals surface area (Å²) in [7, 11) is 0. The summed E-state index contributed by atoms with van der Waals surface area (Å²) in [5, 5.41) is 0. The van der Waals surface area contributed by atoms with Gasteiger partial charge in [-0.25, -0.2) is 0 Å². The first kappa shape index (κ1) is 7.53. The van der Waals surface area contributed by atoms with E-state index in [-0.39, 0.29) is 5.92 Å². The van der Waals surface area contributed by atoms with E-state index in [1.165, 1.54) is 0 Å². The molecule has 2 rings (SSSR count). The van der Waals surface area contributed by atoms with Crippen molar-refractivity contribution in [2.75, 3.05) is 0 Å². The smallest absolute Gasteiger partial charge is 0.134 e. The van der Waals surface area contributed by atoms with Gasteiger partial charge in [-0.05, 0) is 18.8 Å². The summed E-state index contributed by atoms with van der Waals surface area (Å²) in [4.78, 5) is 11.1. The molecule has 0 radical (unpaired) electrons. The standard InChI is InChI=1S/C11H12O/c1-8(12)11-9-6-4-2-3-5-7-10(9)11/h2-7,9-11H,1H3/b3-2-,6-4-,7-5?/t9-,10+,11?/m0/s1. The third kappa shape index (κ3) is 1.15. The molecule has 0 aromatic rings. The Labute approximate surface area is 72.5 Å². The zero-order valence-corrected chi connectivity index (χ0v) is 7.10. The van der Waals surface area contributed by atoms with Crippen molar-refractivity contribution in [3.8, 4) is 0 Å². The van der Waals surface area contributed by atoms with Crippen LogP contribution in [0.5, 0.6) is 0 Å². The Hall–Kier alpha value is -1.11. The van der Waals surface area contributed by atoms with Crippen molar-refractivity contribution >= 4 is 5.78 Å². The molecule has 12 heavy (non-hydrogen) atoms. The number of carbonyl (C=O) groups is 1. The molecule has 0 saturated heterocycles. The lowest BCUT2D eigenvalue weighted by atomic mass is 10.2. The number of fused-ring (bicyclic) bond motifs is 1. The van der Waals surface area contributed by atoms with Crippen molar-refractivity contribution in [1.82, 2.24) is 0 Å². The average molecular weight is 160 g/mol. The van der Waals surface area contributed by atoms with Crippen molar-refractivity contribution in [2.24, 2.45) is 17.8 Å². The Morgan fingerprint density at radius 1 is 1.00 bits per heavy atom. The normalized spacial score (nSPS) is 42.2. The summed E-state index contributed by atoms with van der Waals surface area (Å²) in [5.41, 5.74) is 0. The lowest BCUT2D eigenvalue weighted by Gasteiger charge is -1.85. The maximum atomic E-state index is 11.1. The number of hydrogen-bond acceptors (Lipinski definition) is 1. The van der Waals surface area contributed by atoms with Gasteiger partial charge in [0.25, 0.3) is 0 Å². The van der Waals surface area contributed by atoms with E-state index in [2.05, 4.69) is 12.2 Å². The maximum Gasteiger partial charge on any atom is 0.134 e. The first-order valence-electron chi connectivity index (χ1n) is 4.33. The summed E-state index contributed by atoms with van der Waals surface area (Å²) in [6, 6.07) is 0. The Morgan fingerprint density at radius 3 is 1.92 bits per heavy atom. The predicted molar refractivity (Wildman–Crippen MR) is 48.6 cm³/mol. The molecule has 0 aromatic heterocycles. The van der Waals surface area contributed by atoms with Gasteiger partial charge in [0.2, 0.25) is 0 Å². The van der Waals surface area contributed by atoms with Gasteiger partial charge in [-0.2, -0.15) is 0 Å². The summed E-state index contributed by atoms with van der Waals surface area (Å²) in [6.45, 7) is 1.69. The second-order valence-corrected chi connectivity index (χ2v) is 3.45. The van der Waals surface area contributed by atoms with Crippen LogP contribution in [0.2, 0.25) is 0 Å². The van der Waals surface area contributed by atoms with Crippen LogP contribution in [0, 0.1) is 17.8 Å². The van der Waals surface area contributed by atoms with Gasteiger partial charge in [-0.1, -0.05) is 36.5 Å². The number of ketones is 1. The summed E-state index contributed by atoms with van der Waals surface area (Å²) in [5.74, 6) is 1.53. The predicted octanol–water partition coefficient (Wildman–Crippen LogP) is 2.12. The molecule has 3 atom stereocenters. The SMILES string of the molecule is CC(=O)C1[C@H]2/C=C\C=C/C=C[C@@H]12. The van der Waals surface area contributed by atoms with Gasteiger partial charge in [0.15, 0.2) is 0 Å². The van der Waals surface area contributed by atoms with E-state index in [1.54, 1.807) is 6.92 Å². The monoisotopic (exact) mass is 160 g/mol. The van der Waals surface area contributed by atoms with Crippen LogP contribution in [0.25, 0.3) is 0 Å². The molecule has 0 aromatic carbocycles. The molecule has 2 aliphatic carbocycles. The second kappa shape index (κ2) is 2.74. The molecule has 0 N–H and O–H groups in total. The maximum absolute atomic E-state index is 11.1. The van der Waals surface area contributed by atoms with Gasteiger partial charge in [0.05, 0.1) is 0 Å². The summed E-state index contributed by atoms with van der Waals surface area (Å²) < 4.78 is 0. The third-order valence-corrected chi connectivity index (χ3v) is 2.60. The van der Waals surface area contributed by atoms with E-state index in [9.17, 15) is 4.79 Å². The van der Waals surface area contributed by atoms with Crippen molar-refractivity contribution < 1.29 is 4.79 Å². The third-order valence-electron chi connectivity index (χ3n) is 2.60. The van der Waals surface area contributed by atoms with Crippen LogP contribution >= 0.6 is 0 Å². The number of allylic oxidation sites excluding steroid dienone is 6. The van der Waals surface area contributed by atoms with Gasteiger partial charge in [0, 0.05) is 5.92 Å². The van der Waals surface area contributed by atoms with Gasteiger partial charge in [0.1, 0.15) is 5.78 Å². The first-order chi connectivity index (χ1) is 5.80. The van der Waals surface area contributed by atoms with E-state index in [4.69, 9.17) is 0 Å². The molecule has 0 bridgehead atoms. The number of rotatable bonds is 1. The molecule has 1 saturated carbocycles. The highest BCUT2D eigenvalue weighted by Gasteiger charge is 2.49. The van der Waals surface area contributed by atoms with Crippen LogP contribution in [0.3, 0.4) is 0 Å². The lowest BCUT2D eigenvalue weighted by Crippen LogP contribution is -1.94. The zero-order chi connectivity index (χ0) is 8.55. The van der Waals surface area contributed by atoms with Crippen LogP contribution in [0.1, 0.15) is 6.92 Å². The molecule has 1 heteroatoms. The minimum absolute atomic E-state index is 0.261. The largest absolute Gasteiger partial charge is 0.300 e. The summed E-state index contributed by atoms with van der Waals surface area (Å²) >= 11 is 0. The van der Waals surface area contributed by atoms with Crippen LogP contribution in [-0.2, 0) is 4.79 Å². The molecule has 62 valence electrons. The van der Waals surface area contributed by atoms with E-state index in [0.717, 1.165) is 0 Å². The van der Waals surface area contributed by atoms with Gasteiger partial charge < -0.3 is 0 Å². The van der Waals surface area contributed by atoms with Crippen molar-refractivity contribution in [2.45, 2.75) is 6.92 Å². The molecule has 1 unspecified atom stereocenters. The highest BCUT2D eigenvalue weighted by molar-refractivity contribution is 5.83. The minimum atomic E-state index is 0.261. The Kier molecular flexibility index (Phi) is 1.72. The zero-order valence-electron chi connectivity index (χ0n) is 7.10. The van der Waals surface area contributed by atoms with Crippen molar-refractivity contribution in [3.63, 3.8) is 0 Å². The minimum Gasteiger partial charge on any atom is -0.300 e. The van der Waals surface area contributed by atoms with E-state index in [1.807, 2.05) is 24.3 Å². The molecule has 0 spiro atoms. The van der Waals surface area contributed by atoms with E-state index in [0.29, 0.717) is 17.6 Å². The fourth-order valence-corrected chi connectivity index (χ4v) is 1.91. The number of Topliss-reactive ketones (excluding diaryl/α,β-unsaturated/α-hetero) is 1. The molecular formula is C11H12O. The fraction of sp³-hybridized carbons (Fsp3) is 0.364. The van der Waals surface area contributed by atoms with Gasteiger partial charge in [-0.15, -0.1) is 0 Å². The molecular weight excluding hydrogens is 148 g/mol. The lowest BCUT2D eigenvalue weighted by molar-refractivity contribution is -0.118. The highest BCUT2D eigenvalue weighted by atomic mass is 16.1. The molecule has 0 heterocycles. The molecule has 1 nitrogen and oxygen atoms in total. The topological polar surface area (TPSA) is 17.1 Å². The Morgan fingerprint density at radius 2 is 1.50 bits per heavy atom. The summed E-state index contributed by atoms with van der Waals surface area (Å²) in [6.07, 6.45) is 12.3. The van der Waals surface area contributed by atoms with Crippen molar-refractivity contribution in [3.05, 3.63) is 36.5 Å². The second-order valence-electron chi connectivity index (χ2n) is 3.45. The van der Waals surface area contributed by atoms with Crippen LogP contribution in [0.15, 0.2) is 36.5 Å². The molecule has 2 aliphatic rings. The average Bonchev–Trinajstić information content (AvgIpc) is 2.60. The van der Waals surface area contributed by atoms with Crippen LogP contribution < -0.4 is 0 Å². The van der Waals surface area contributed by atoms with Gasteiger partial charge >= 0.3 is 0 Å². The molecule has 0 aliphatic heterocycles. The number of carbonyl (C=O) groups excluding carboxylic acids is 1. The quantitative estimate of drug-likeness (QED) is 0.574. The van der Waals surface area contributed by atoms with E-state index >= 15 is 0 Å². The van der Waals surface area contributed by atoms with Crippen molar-refractivity contribution in [1.29, 1.82) is 0 Å². The molecule has 1 fully saturated rings. The van der Waals surface area contributed by atoms with Gasteiger partial charge in [-0.3, -0.25) is 4.79 Å². The Balaban J connectivity index is 2.17. The fourth-order valence-electron chi connectivity index (χ4n) is 1.91. The Bertz CT molecular complexity index is 261. The van der Waals surface area contributed by atoms with Crippen LogP contribution in [-0.4, -0.2) is 5.78 Å². The first-order valence-corrected chi connectivity index (χ1v) is 4.33. The van der Waals surface area contributed by atoms with Crippen LogP contribution in [0.4, 0.5) is 0 Å².